The predicted molar refractivity (Wildman–Crippen MR) is 98.2 cm³/mol. The van der Waals surface area contributed by atoms with Gasteiger partial charge in [-0.3, -0.25) is 4.79 Å². The molecule has 3 heteroatoms. The molecule has 0 aliphatic heterocycles. The second kappa shape index (κ2) is 8.53. The Morgan fingerprint density at radius 1 is 1.04 bits per heavy atom. The van der Waals surface area contributed by atoms with E-state index in [0.717, 1.165) is 28.9 Å². The number of carbonyl (C=O) groups excluding carboxylic acids is 1. The molecule has 0 aliphatic carbocycles. The molecule has 24 heavy (non-hydrogen) atoms. The van der Waals surface area contributed by atoms with E-state index in [1.165, 1.54) is 0 Å². The van der Waals surface area contributed by atoms with E-state index >= 15 is 0 Å². The van der Waals surface area contributed by atoms with Crippen LogP contribution in [0.3, 0.4) is 0 Å². The van der Waals surface area contributed by atoms with Gasteiger partial charge in [0.05, 0.1) is 6.04 Å². The third-order valence-electron chi connectivity index (χ3n) is 4.20. The lowest BCUT2D eigenvalue weighted by molar-refractivity contribution is -0.129. The molecular formula is C21H27NO2. The first-order valence-electron chi connectivity index (χ1n) is 8.64. The highest BCUT2D eigenvalue weighted by Gasteiger charge is 2.22. The fourth-order valence-corrected chi connectivity index (χ4v) is 2.68. The summed E-state index contributed by atoms with van der Waals surface area (Å²) >= 11 is 0. The first kappa shape index (κ1) is 18.1. The minimum absolute atomic E-state index is 0.00922. The normalized spacial score (nSPS) is 13.2. The van der Waals surface area contributed by atoms with Gasteiger partial charge in [-0.2, -0.15) is 0 Å². The average molecular weight is 325 g/mol. The van der Waals surface area contributed by atoms with Gasteiger partial charge in [0.1, 0.15) is 5.75 Å². The van der Waals surface area contributed by atoms with E-state index in [1.807, 2.05) is 69.3 Å². The van der Waals surface area contributed by atoms with E-state index in [4.69, 9.17) is 4.74 Å². The summed E-state index contributed by atoms with van der Waals surface area (Å²) in [4.78, 5) is 12.7. The van der Waals surface area contributed by atoms with Gasteiger partial charge in [0.2, 0.25) is 0 Å². The van der Waals surface area contributed by atoms with Crippen molar-refractivity contribution in [1.82, 2.24) is 5.32 Å². The van der Waals surface area contributed by atoms with Crippen molar-refractivity contribution in [2.45, 2.75) is 52.7 Å². The van der Waals surface area contributed by atoms with E-state index in [2.05, 4.69) is 12.2 Å². The third-order valence-corrected chi connectivity index (χ3v) is 4.20. The Bertz CT molecular complexity index is 667. The predicted octanol–water partition coefficient (Wildman–Crippen LogP) is 4.73. The lowest BCUT2D eigenvalue weighted by Gasteiger charge is -2.23. The molecule has 0 unspecified atom stereocenters. The first-order chi connectivity index (χ1) is 11.5. The van der Waals surface area contributed by atoms with Crippen LogP contribution in [-0.2, 0) is 4.79 Å². The maximum Gasteiger partial charge on any atom is 0.261 e. The topological polar surface area (TPSA) is 38.3 Å². The standard InChI is InChI=1S/C21H27NO2/c1-5-18(17-10-8-7-9-11-17)22-21(23)19(6-2)24-20-14-15(3)12-13-16(20)4/h7-14,18-19H,5-6H2,1-4H3,(H,22,23)/t18-,19-/m0/s1. The van der Waals surface area contributed by atoms with E-state index in [9.17, 15) is 4.79 Å². The van der Waals surface area contributed by atoms with Gasteiger partial charge in [0.15, 0.2) is 6.10 Å². The van der Waals surface area contributed by atoms with Crippen molar-refractivity contribution in [2.24, 2.45) is 0 Å². The lowest BCUT2D eigenvalue weighted by Crippen LogP contribution is -2.40. The Morgan fingerprint density at radius 3 is 2.38 bits per heavy atom. The summed E-state index contributed by atoms with van der Waals surface area (Å²) in [6, 6.07) is 16.1. The van der Waals surface area contributed by atoms with Crippen LogP contribution < -0.4 is 10.1 Å². The van der Waals surface area contributed by atoms with Gasteiger partial charge in [-0.05, 0) is 49.4 Å². The molecule has 0 saturated carbocycles. The van der Waals surface area contributed by atoms with Gasteiger partial charge in [-0.25, -0.2) is 0 Å². The summed E-state index contributed by atoms with van der Waals surface area (Å²) in [7, 11) is 0. The summed E-state index contributed by atoms with van der Waals surface area (Å²) in [6.07, 6.45) is 0.989. The zero-order chi connectivity index (χ0) is 17.5. The molecule has 0 aliphatic rings. The summed E-state index contributed by atoms with van der Waals surface area (Å²) in [5, 5.41) is 3.12. The van der Waals surface area contributed by atoms with Gasteiger partial charge in [-0.1, -0.05) is 56.3 Å². The number of amides is 1. The summed E-state index contributed by atoms with van der Waals surface area (Å²) < 4.78 is 6.01. The molecule has 0 saturated heterocycles. The Balaban J connectivity index is 2.09. The third kappa shape index (κ3) is 4.60. The van der Waals surface area contributed by atoms with Gasteiger partial charge < -0.3 is 10.1 Å². The van der Waals surface area contributed by atoms with Crippen LogP contribution in [0.4, 0.5) is 0 Å². The molecule has 0 fully saturated rings. The molecule has 0 heterocycles. The van der Waals surface area contributed by atoms with Crippen LogP contribution in [0.1, 0.15) is 49.4 Å². The van der Waals surface area contributed by atoms with Crippen molar-refractivity contribution in [2.75, 3.05) is 0 Å². The summed E-state index contributed by atoms with van der Waals surface area (Å²) in [6.45, 7) is 8.07. The number of ether oxygens (including phenoxy) is 1. The van der Waals surface area contributed by atoms with Gasteiger partial charge >= 0.3 is 0 Å². The fourth-order valence-electron chi connectivity index (χ4n) is 2.68. The van der Waals surface area contributed by atoms with Crippen LogP contribution >= 0.6 is 0 Å². The van der Waals surface area contributed by atoms with Crippen LogP contribution in [0.5, 0.6) is 5.75 Å². The minimum atomic E-state index is -0.483. The molecule has 2 aromatic carbocycles. The van der Waals surface area contributed by atoms with Crippen molar-refractivity contribution in [3.63, 3.8) is 0 Å². The van der Waals surface area contributed by atoms with Crippen LogP contribution in [0.2, 0.25) is 0 Å². The quantitative estimate of drug-likeness (QED) is 0.799. The molecule has 3 nitrogen and oxygen atoms in total. The molecular weight excluding hydrogens is 298 g/mol. The van der Waals surface area contributed by atoms with Gasteiger partial charge in [-0.15, -0.1) is 0 Å². The number of benzene rings is 2. The maximum atomic E-state index is 12.7. The molecule has 2 rings (SSSR count). The highest BCUT2D eigenvalue weighted by molar-refractivity contribution is 5.81. The van der Waals surface area contributed by atoms with E-state index < -0.39 is 6.10 Å². The van der Waals surface area contributed by atoms with Crippen molar-refractivity contribution in [1.29, 1.82) is 0 Å². The monoisotopic (exact) mass is 325 g/mol. The van der Waals surface area contributed by atoms with Crippen molar-refractivity contribution < 1.29 is 9.53 Å². The summed E-state index contributed by atoms with van der Waals surface area (Å²) in [5.41, 5.74) is 3.29. The molecule has 0 radical (unpaired) electrons. The highest BCUT2D eigenvalue weighted by Crippen LogP contribution is 2.22. The van der Waals surface area contributed by atoms with E-state index in [-0.39, 0.29) is 11.9 Å². The molecule has 1 amide bonds. The number of hydrogen-bond acceptors (Lipinski definition) is 2. The molecule has 0 bridgehead atoms. The second-order valence-corrected chi connectivity index (χ2v) is 6.16. The number of nitrogens with one attached hydrogen (secondary N) is 1. The number of rotatable bonds is 7. The van der Waals surface area contributed by atoms with Crippen LogP contribution in [0.15, 0.2) is 48.5 Å². The van der Waals surface area contributed by atoms with Crippen LogP contribution in [0, 0.1) is 13.8 Å². The molecule has 2 aromatic rings. The summed E-state index contributed by atoms with van der Waals surface area (Å²) in [5.74, 6) is 0.721. The van der Waals surface area contributed by atoms with E-state index in [1.54, 1.807) is 0 Å². The minimum Gasteiger partial charge on any atom is -0.480 e. The van der Waals surface area contributed by atoms with Crippen LogP contribution in [0.25, 0.3) is 0 Å². The Labute approximate surface area is 145 Å². The lowest BCUT2D eigenvalue weighted by atomic mass is 10.0. The SMILES string of the molecule is CC[C@H](Oc1cc(C)ccc1C)C(=O)N[C@@H](CC)c1ccccc1. The molecule has 128 valence electrons. The average Bonchev–Trinajstić information content (AvgIpc) is 2.60. The maximum absolute atomic E-state index is 12.7. The number of aryl methyl sites for hydroxylation is 2. The largest absolute Gasteiger partial charge is 0.480 e. The zero-order valence-electron chi connectivity index (χ0n) is 15.0. The zero-order valence-corrected chi connectivity index (χ0v) is 15.0. The van der Waals surface area contributed by atoms with Gasteiger partial charge in [0, 0.05) is 0 Å². The van der Waals surface area contributed by atoms with Crippen molar-refractivity contribution in [3.05, 3.63) is 65.2 Å². The first-order valence-corrected chi connectivity index (χ1v) is 8.64. The Kier molecular flexibility index (Phi) is 6.42. The molecule has 0 aromatic heterocycles. The number of hydrogen-bond donors (Lipinski definition) is 1. The van der Waals surface area contributed by atoms with Crippen LogP contribution in [-0.4, -0.2) is 12.0 Å². The smallest absolute Gasteiger partial charge is 0.261 e. The Hall–Kier alpha value is -2.29. The van der Waals surface area contributed by atoms with Crippen molar-refractivity contribution >= 4 is 5.91 Å². The number of carbonyl (C=O) groups is 1. The molecule has 2 atom stereocenters. The van der Waals surface area contributed by atoms with E-state index in [0.29, 0.717) is 6.42 Å². The van der Waals surface area contributed by atoms with Gasteiger partial charge in [0.25, 0.3) is 5.91 Å². The molecule has 1 N–H and O–H groups in total. The Morgan fingerprint density at radius 2 is 1.75 bits per heavy atom. The second-order valence-electron chi connectivity index (χ2n) is 6.16. The van der Waals surface area contributed by atoms with Crippen molar-refractivity contribution in [3.8, 4) is 5.75 Å². The highest BCUT2D eigenvalue weighted by atomic mass is 16.5. The molecule has 0 spiro atoms. The fraction of sp³-hybridized carbons (Fsp3) is 0.381.